The monoisotopic (exact) mass is 488 g/mol. The first kappa shape index (κ1) is 24.8. The Morgan fingerprint density at radius 1 is 0.972 bits per heavy atom. The lowest BCUT2D eigenvalue weighted by molar-refractivity contribution is -0.140. The summed E-state index contributed by atoms with van der Waals surface area (Å²) >= 11 is 0. The van der Waals surface area contributed by atoms with Gasteiger partial charge in [-0.05, 0) is 41.8 Å². The second-order valence-corrected chi connectivity index (χ2v) is 8.26. The standard InChI is InChI=1S/C28H28N2O6/c1-5-17-9-11-18(12-10-17)25(31)23-24(19-14-21(34-2)27(36-4)22(15-19)35-3)30(28(33)26(23)32)16-20-8-6-7-13-29-20/h6-15,24,31H,5,16H2,1-4H3/b25-23+. The van der Waals surface area contributed by atoms with Gasteiger partial charge in [0.15, 0.2) is 11.5 Å². The van der Waals surface area contributed by atoms with Gasteiger partial charge >= 0.3 is 0 Å². The quantitative estimate of drug-likeness (QED) is 0.287. The van der Waals surface area contributed by atoms with Crippen molar-refractivity contribution in [1.82, 2.24) is 9.88 Å². The van der Waals surface area contributed by atoms with Crippen LogP contribution in [0.5, 0.6) is 17.2 Å². The van der Waals surface area contributed by atoms with Crippen molar-refractivity contribution in [3.8, 4) is 17.2 Å². The SMILES string of the molecule is CCc1ccc(/C(O)=C2\C(=O)C(=O)N(Cc3ccccn3)C2c2cc(OC)c(OC)c(OC)c2)cc1. The number of hydrogen-bond acceptors (Lipinski definition) is 7. The van der Waals surface area contributed by atoms with Crippen molar-refractivity contribution in [2.24, 2.45) is 0 Å². The molecule has 1 aliphatic rings. The van der Waals surface area contributed by atoms with E-state index in [1.54, 1.807) is 42.6 Å². The number of ether oxygens (including phenoxy) is 3. The first-order chi connectivity index (χ1) is 17.4. The zero-order valence-electron chi connectivity index (χ0n) is 20.6. The predicted octanol–water partition coefficient (Wildman–Crippen LogP) is 4.29. The zero-order chi connectivity index (χ0) is 25.8. The van der Waals surface area contributed by atoms with E-state index in [1.807, 2.05) is 25.1 Å². The average Bonchev–Trinajstić information content (AvgIpc) is 3.17. The Morgan fingerprint density at radius 3 is 2.17 bits per heavy atom. The van der Waals surface area contributed by atoms with Gasteiger partial charge in [-0.1, -0.05) is 37.3 Å². The highest BCUT2D eigenvalue weighted by molar-refractivity contribution is 6.46. The molecule has 0 aliphatic carbocycles. The van der Waals surface area contributed by atoms with E-state index < -0.39 is 17.7 Å². The predicted molar refractivity (Wildman–Crippen MR) is 134 cm³/mol. The third-order valence-corrected chi connectivity index (χ3v) is 6.24. The number of methoxy groups -OCH3 is 3. The van der Waals surface area contributed by atoms with Gasteiger partial charge in [0.25, 0.3) is 11.7 Å². The number of carbonyl (C=O) groups is 2. The fraction of sp³-hybridized carbons (Fsp3) is 0.250. The molecule has 2 heterocycles. The van der Waals surface area contributed by atoms with Crippen LogP contribution in [0.4, 0.5) is 0 Å². The topological polar surface area (TPSA) is 98.2 Å². The van der Waals surface area contributed by atoms with Crippen molar-refractivity contribution < 1.29 is 28.9 Å². The smallest absolute Gasteiger partial charge is 0.296 e. The van der Waals surface area contributed by atoms with Crippen LogP contribution < -0.4 is 14.2 Å². The molecule has 3 aromatic rings. The van der Waals surface area contributed by atoms with E-state index in [1.165, 1.54) is 26.2 Å². The molecular weight excluding hydrogens is 460 g/mol. The molecule has 4 rings (SSSR count). The highest BCUT2D eigenvalue weighted by Gasteiger charge is 2.46. The average molecular weight is 489 g/mol. The van der Waals surface area contributed by atoms with Gasteiger partial charge < -0.3 is 24.2 Å². The van der Waals surface area contributed by atoms with Gasteiger partial charge in [-0.25, -0.2) is 0 Å². The molecule has 186 valence electrons. The normalized spacial score (nSPS) is 16.8. The number of likely N-dealkylation sites (tertiary alicyclic amines) is 1. The summed E-state index contributed by atoms with van der Waals surface area (Å²) in [5.74, 6) is -0.656. The summed E-state index contributed by atoms with van der Waals surface area (Å²) in [6, 6.07) is 15.0. The fourth-order valence-corrected chi connectivity index (χ4v) is 4.37. The van der Waals surface area contributed by atoms with Gasteiger partial charge in [-0.3, -0.25) is 14.6 Å². The number of benzene rings is 2. The van der Waals surface area contributed by atoms with Crippen molar-refractivity contribution in [3.05, 3.63) is 88.8 Å². The minimum Gasteiger partial charge on any atom is -0.507 e. The van der Waals surface area contributed by atoms with Gasteiger partial charge in [-0.15, -0.1) is 0 Å². The van der Waals surface area contributed by atoms with Gasteiger partial charge in [-0.2, -0.15) is 0 Å². The lowest BCUT2D eigenvalue weighted by Crippen LogP contribution is -2.29. The largest absolute Gasteiger partial charge is 0.507 e. The number of aliphatic hydroxyl groups is 1. The summed E-state index contributed by atoms with van der Waals surface area (Å²) < 4.78 is 16.5. The lowest BCUT2D eigenvalue weighted by atomic mass is 9.94. The van der Waals surface area contributed by atoms with Crippen molar-refractivity contribution >= 4 is 17.4 Å². The third kappa shape index (κ3) is 4.49. The molecule has 8 nitrogen and oxygen atoms in total. The van der Waals surface area contributed by atoms with Crippen molar-refractivity contribution in [2.75, 3.05) is 21.3 Å². The van der Waals surface area contributed by atoms with E-state index in [2.05, 4.69) is 4.98 Å². The van der Waals surface area contributed by atoms with Crippen LogP contribution in [0.2, 0.25) is 0 Å². The second-order valence-electron chi connectivity index (χ2n) is 8.26. The van der Waals surface area contributed by atoms with Gasteiger partial charge in [0, 0.05) is 11.8 Å². The molecule has 0 radical (unpaired) electrons. The Hall–Kier alpha value is -4.33. The highest BCUT2D eigenvalue weighted by Crippen LogP contribution is 2.46. The van der Waals surface area contributed by atoms with Gasteiger partial charge in [0.05, 0.1) is 45.2 Å². The molecule has 2 aromatic carbocycles. The Bertz CT molecular complexity index is 1280. The van der Waals surface area contributed by atoms with E-state index >= 15 is 0 Å². The van der Waals surface area contributed by atoms with Crippen LogP contribution in [0.15, 0.2) is 66.4 Å². The second kappa shape index (κ2) is 10.5. The minimum absolute atomic E-state index is 0.0190. The number of carbonyl (C=O) groups excluding carboxylic acids is 2. The van der Waals surface area contributed by atoms with Crippen LogP contribution in [0.3, 0.4) is 0 Å². The third-order valence-electron chi connectivity index (χ3n) is 6.24. The van der Waals surface area contributed by atoms with Crippen molar-refractivity contribution in [2.45, 2.75) is 25.9 Å². The van der Waals surface area contributed by atoms with Crippen molar-refractivity contribution in [3.63, 3.8) is 0 Å². The number of aromatic nitrogens is 1. The number of Topliss-reactive ketones (excluding diaryl/α,β-unsaturated/α-hetero) is 1. The Kier molecular flexibility index (Phi) is 7.24. The lowest BCUT2D eigenvalue weighted by Gasteiger charge is -2.26. The van der Waals surface area contributed by atoms with Crippen LogP contribution in [0.25, 0.3) is 5.76 Å². The number of ketones is 1. The maximum atomic E-state index is 13.3. The highest BCUT2D eigenvalue weighted by atomic mass is 16.5. The molecule has 8 heteroatoms. The number of hydrogen-bond donors (Lipinski definition) is 1. The number of nitrogens with zero attached hydrogens (tertiary/aromatic N) is 2. The summed E-state index contributed by atoms with van der Waals surface area (Å²) in [6.07, 6.45) is 2.45. The zero-order valence-corrected chi connectivity index (χ0v) is 20.6. The van der Waals surface area contributed by atoms with Crippen LogP contribution in [-0.4, -0.2) is 48.0 Å². The molecule has 1 fully saturated rings. The van der Waals surface area contributed by atoms with Crippen LogP contribution >= 0.6 is 0 Å². The summed E-state index contributed by atoms with van der Waals surface area (Å²) in [5.41, 5.74) is 2.63. The van der Waals surface area contributed by atoms with E-state index in [9.17, 15) is 14.7 Å². The van der Waals surface area contributed by atoms with Gasteiger partial charge in [0.1, 0.15) is 5.76 Å². The molecule has 1 atom stereocenters. The molecule has 0 bridgehead atoms. The number of rotatable bonds is 8. The maximum absolute atomic E-state index is 13.3. The molecule has 1 aromatic heterocycles. The van der Waals surface area contributed by atoms with E-state index in [0.29, 0.717) is 34.1 Å². The number of amides is 1. The molecule has 1 unspecified atom stereocenters. The van der Waals surface area contributed by atoms with Crippen molar-refractivity contribution in [1.29, 1.82) is 0 Å². The molecule has 0 saturated carbocycles. The molecule has 1 saturated heterocycles. The first-order valence-electron chi connectivity index (χ1n) is 11.5. The summed E-state index contributed by atoms with van der Waals surface area (Å²) in [7, 11) is 4.47. The number of aryl methyl sites for hydroxylation is 1. The molecule has 0 spiro atoms. The van der Waals surface area contributed by atoms with Crippen LogP contribution in [0.1, 0.15) is 35.3 Å². The van der Waals surface area contributed by atoms with E-state index in [0.717, 1.165) is 12.0 Å². The Balaban J connectivity index is 1.93. The fourth-order valence-electron chi connectivity index (χ4n) is 4.37. The molecule has 1 N–H and O–H groups in total. The Labute approximate surface area is 209 Å². The molecule has 1 amide bonds. The summed E-state index contributed by atoms with van der Waals surface area (Å²) in [5, 5.41) is 11.3. The molecular formula is C28H28N2O6. The summed E-state index contributed by atoms with van der Waals surface area (Å²) in [6.45, 7) is 2.10. The maximum Gasteiger partial charge on any atom is 0.296 e. The Morgan fingerprint density at radius 2 is 1.64 bits per heavy atom. The number of pyridine rings is 1. The summed E-state index contributed by atoms with van der Waals surface area (Å²) in [4.78, 5) is 32.3. The van der Waals surface area contributed by atoms with Crippen LogP contribution in [0, 0.1) is 0 Å². The molecule has 36 heavy (non-hydrogen) atoms. The number of aliphatic hydroxyl groups excluding tert-OH is 1. The molecule has 1 aliphatic heterocycles. The van der Waals surface area contributed by atoms with Gasteiger partial charge in [0.2, 0.25) is 5.75 Å². The minimum atomic E-state index is -0.911. The first-order valence-corrected chi connectivity index (χ1v) is 11.5. The van der Waals surface area contributed by atoms with Crippen LogP contribution in [-0.2, 0) is 22.6 Å². The van der Waals surface area contributed by atoms with E-state index in [4.69, 9.17) is 14.2 Å². The van der Waals surface area contributed by atoms with E-state index in [-0.39, 0.29) is 17.9 Å².